The van der Waals surface area contributed by atoms with Gasteiger partial charge in [-0.15, -0.1) is 10.2 Å². The third-order valence-electron chi connectivity index (χ3n) is 6.35. The molecule has 4 rings (SSSR count). The second-order valence-electron chi connectivity index (χ2n) is 8.92. The van der Waals surface area contributed by atoms with Gasteiger partial charge in [-0.05, 0) is 64.2 Å². The molecule has 3 aromatic rings. The van der Waals surface area contributed by atoms with Crippen molar-refractivity contribution in [2.75, 3.05) is 18.0 Å². The summed E-state index contributed by atoms with van der Waals surface area (Å²) in [6, 6.07) is 3.79. The summed E-state index contributed by atoms with van der Waals surface area (Å²) in [7, 11) is 0. The molecule has 0 aromatic carbocycles. The highest BCUT2D eigenvalue weighted by molar-refractivity contribution is 8.00. The smallest absolute Gasteiger partial charge is 0.228 e. The lowest BCUT2D eigenvalue weighted by Crippen LogP contribution is -2.35. The monoisotopic (exact) mass is 469 g/mol. The quantitative estimate of drug-likeness (QED) is 0.378. The van der Waals surface area contributed by atoms with E-state index in [9.17, 15) is 9.59 Å². The molecular formula is C24H31N5O3S. The Bertz CT molecular complexity index is 1140. The topological polar surface area (TPSA) is 97.0 Å². The number of piperidine rings is 1. The number of carbonyl (C=O) groups excluding carboxylic acids is 2. The lowest BCUT2D eigenvalue weighted by molar-refractivity contribution is 0.0988. The van der Waals surface area contributed by atoms with Gasteiger partial charge in [0.2, 0.25) is 5.95 Å². The van der Waals surface area contributed by atoms with Gasteiger partial charge in [0.1, 0.15) is 5.76 Å². The first-order valence-electron chi connectivity index (χ1n) is 11.4. The fourth-order valence-electron chi connectivity index (χ4n) is 4.45. The van der Waals surface area contributed by atoms with E-state index in [0.29, 0.717) is 34.4 Å². The fourth-order valence-corrected chi connectivity index (χ4v) is 5.35. The van der Waals surface area contributed by atoms with Crippen LogP contribution in [0.5, 0.6) is 0 Å². The summed E-state index contributed by atoms with van der Waals surface area (Å²) in [5.41, 5.74) is 2.51. The molecule has 1 aliphatic rings. The molecule has 8 nitrogen and oxygen atoms in total. The molecule has 4 heterocycles. The molecule has 9 heteroatoms. The van der Waals surface area contributed by atoms with Gasteiger partial charge in [-0.3, -0.25) is 14.2 Å². The molecule has 0 spiro atoms. The number of furan rings is 1. The third kappa shape index (κ3) is 4.78. The highest BCUT2D eigenvalue weighted by atomic mass is 32.2. The first-order valence-corrected chi connectivity index (χ1v) is 12.3. The predicted octanol–water partition coefficient (Wildman–Crippen LogP) is 4.67. The van der Waals surface area contributed by atoms with Crippen LogP contribution < -0.4 is 4.90 Å². The van der Waals surface area contributed by atoms with Gasteiger partial charge in [-0.25, -0.2) is 0 Å². The van der Waals surface area contributed by atoms with Gasteiger partial charge in [0.25, 0.3) is 0 Å². The fraction of sp³-hybridized carbons (Fsp3) is 0.500. The largest absolute Gasteiger partial charge is 0.467 e. The number of Topliss-reactive ketones (excluding diaryl/α,β-unsaturated/α-hetero) is 2. The zero-order chi connectivity index (χ0) is 23.7. The molecule has 1 fully saturated rings. The van der Waals surface area contributed by atoms with Gasteiger partial charge in [0, 0.05) is 24.3 Å². The van der Waals surface area contributed by atoms with E-state index in [1.54, 1.807) is 6.26 Å². The molecule has 33 heavy (non-hydrogen) atoms. The van der Waals surface area contributed by atoms with Crippen molar-refractivity contribution in [3.63, 3.8) is 0 Å². The van der Waals surface area contributed by atoms with E-state index in [2.05, 4.69) is 27.0 Å². The summed E-state index contributed by atoms with van der Waals surface area (Å²) in [4.78, 5) is 30.7. The van der Waals surface area contributed by atoms with E-state index < -0.39 is 5.25 Å². The van der Waals surface area contributed by atoms with Crippen molar-refractivity contribution in [3.05, 3.63) is 46.7 Å². The maximum atomic E-state index is 13.3. The van der Waals surface area contributed by atoms with Gasteiger partial charge < -0.3 is 14.3 Å². The molecule has 1 atom stereocenters. The molecule has 0 radical (unpaired) electrons. The zero-order valence-corrected chi connectivity index (χ0v) is 20.7. The summed E-state index contributed by atoms with van der Waals surface area (Å²) in [6.07, 6.45) is 3.90. The van der Waals surface area contributed by atoms with E-state index >= 15 is 0 Å². The Labute approximate surface area is 198 Å². The Morgan fingerprint density at radius 2 is 2.00 bits per heavy atom. The molecule has 1 saturated heterocycles. The van der Waals surface area contributed by atoms with Crippen LogP contribution in [0.3, 0.4) is 0 Å². The van der Waals surface area contributed by atoms with Crippen molar-refractivity contribution in [3.8, 4) is 0 Å². The summed E-state index contributed by atoms with van der Waals surface area (Å²) >= 11 is 1.38. The number of aromatic amines is 1. The van der Waals surface area contributed by atoms with Crippen LogP contribution in [-0.2, 0) is 6.54 Å². The van der Waals surface area contributed by atoms with Crippen LogP contribution in [-0.4, -0.2) is 49.7 Å². The minimum atomic E-state index is -0.407. The minimum absolute atomic E-state index is 0.0423. The maximum Gasteiger partial charge on any atom is 0.228 e. The standard InChI is InChI=1S/C24H31N5O3S/c1-14-8-10-28(11-9-14)23-26-27-24(29(23)13-19-7-6-12-32-19)33-18(5)22(31)21-15(2)20(17(4)30)16(3)25-21/h6-7,12,14,18,25H,8-11,13H2,1-5H3. The van der Waals surface area contributed by atoms with Crippen LogP contribution in [0.15, 0.2) is 28.0 Å². The number of carbonyl (C=O) groups is 2. The molecule has 1 unspecified atom stereocenters. The van der Waals surface area contributed by atoms with Crippen molar-refractivity contribution in [2.24, 2.45) is 5.92 Å². The number of H-pyrrole nitrogens is 1. The van der Waals surface area contributed by atoms with Crippen molar-refractivity contribution >= 4 is 29.3 Å². The highest BCUT2D eigenvalue weighted by Gasteiger charge is 2.28. The highest BCUT2D eigenvalue weighted by Crippen LogP contribution is 2.31. The average Bonchev–Trinajstić information content (AvgIpc) is 3.49. The van der Waals surface area contributed by atoms with E-state index in [-0.39, 0.29) is 11.6 Å². The van der Waals surface area contributed by atoms with Crippen LogP contribution >= 0.6 is 11.8 Å². The molecule has 0 amide bonds. The van der Waals surface area contributed by atoms with E-state index in [1.807, 2.05) is 37.5 Å². The average molecular weight is 470 g/mol. The number of hydrogen-bond donors (Lipinski definition) is 1. The molecule has 0 aliphatic carbocycles. The summed E-state index contributed by atoms with van der Waals surface area (Å²) in [5, 5.41) is 9.23. The van der Waals surface area contributed by atoms with E-state index in [1.165, 1.54) is 18.7 Å². The molecule has 0 bridgehead atoms. The summed E-state index contributed by atoms with van der Waals surface area (Å²) < 4.78 is 7.63. The van der Waals surface area contributed by atoms with Crippen LogP contribution in [0, 0.1) is 19.8 Å². The van der Waals surface area contributed by atoms with Gasteiger partial charge >= 0.3 is 0 Å². The minimum Gasteiger partial charge on any atom is -0.467 e. The number of nitrogens with zero attached hydrogens (tertiary/aromatic N) is 4. The number of hydrogen-bond acceptors (Lipinski definition) is 7. The molecule has 176 valence electrons. The lowest BCUT2D eigenvalue weighted by atomic mass is 10.00. The summed E-state index contributed by atoms with van der Waals surface area (Å²) in [6.45, 7) is 11.7. The SMILES string of the molecule is CC(=O)c1c(C)[nH]c(C(=O)C(C)Sc2nnc(N3CCC(C)CC3)n2Cc2ccco2)c1C. The zero-order valence-electron chi connectivity index (χ0n) is 19.8. The molecular weight excluding hydrogens is 438 g/mol. The van der Waals surface area contributed by atoms with Crippen LogP contribution in [0.4, 0.5) is 5.95 Å². The normalized spacial score (nSPS) is 15.7. The Morgan fingerprint density at radius 3 is 2.61 bits per heavy atom. The number of thioether (sulfide) groups is 1. The number of rotatable bonds is 8. The van der Waals surface area contributed by atoms with Crippen molar-refractivity contribution in [1.29, 1.82) is 0 Å². The van der Waals surface area contributed by atoms with E-state index in [4.69, 9.17) is 4.42 Å². The van der Waals surface area contributed by atoms with Crippen molar-refractivity contribution in [2.45, 2.75) is 64.4 Å². The number of aryl methyl sites for hydroxylation is 1. The number of ketones is 2. The second kappa shape index (κ2) is 9.59. The Hall–Kier alpha value is -2.81. The third-order valence-corrected chi connectivity index (χ3v) is 7.43. The Kier molecular flexibility index (Phi) is 6.78. The van der Waals surface area contributed by atoms with Gasteiger partial charge in [0.15, 0.2) is 16.7 Å². The van der Waals surface area contributed by atoms with Crippen LogP contribution in [0.1, 0.15) is 71.5 Å². The predicted molar refractivity (Wildman–Crippen MR) is 128 cm³/mol. The lowest BCUT2D eigenvalue weighted by Gasteiger charge is -2.31. The first-order chi connectivity index (χ1) is 15.8. The second-order valence-corrected chi connectivity index (χ2v) is 10.2. The van der Waals surface area contributed by atoms with Crippen molar-refractivity contribution < 1.29 is 14.0 Å². The summed E-state index contributed by atoms with van der Waals surface area (Å²) in [5.74, 6) is 2.23. The van der Waals surface area contributed by atoms with Gasteiger partial charge in [0.05, 0.1) is 23.8 Å². The van der Waals surface area contributed by atoms with Crippen molar-refractivity contribution in [1.82, 2.24) is 19.7 Å². The molecule has 0 saturated carbocycles. The van der Waals surface area contributed by atoms with Gasteiger partial charge in [-0.2, -0.15) is 0 Å². The number of nitrogens with one attached hydrogen (secondary N) is 1. The molecule has 1 N–H and O–H groups in total. The number of aromatic nitrogens is 4. The Morgan fingerprint density at radius 1 is 1.27 bits per heavy atom. The Balaban J connectivity index is 1.60. The van der Waals surface area contributed by atoms with Crippen LogP contribution in [0.25, 0.3) is 0 Å². The molecule has 3 aromatic heterocycles. The number of anilines is 1. The molecule has 1 aliphatic heterocycles. The van der Waals surface area contributed by atoms with E-state index in [0.717, 1.165) is 43.3 Å². The van der Waals surface area contributed by atoms with Gasteiger partial charge in [-0.1, -0.05) is 18.7 Å². The first kappa shape index (κ1) is 23.4. The van der Waals surface area contributed by atoms with Crippen LogP contribution in [0.2, 0.25) is 0 Å². The maximum absolute atomic E-state index is 13.3.